The summed E-state index contributed by atoms with van der Waals surface area (Å²) in [5.74, 6) is 0.556. The van der Waals surface area contributed by atoms with Crippen LogP contribution >= 0.6 is 11.8 Å². The van der Waals surface area contributed by atoms with Crippen molar-refractivity contribution in [3.63, 3.8) is 0 Å². The van der Waals surface area contributed by atoms with Crippen LogP contribution in [0.25, 0.3) is 0 Å². The van der Waals surface area contributed by atoms with E-state index in [2.05, 4.69) is 6.92 Å². The zero-order valence-electron chi connectivity index (χ0n) is 13.7. The number of carbonyl (C=O) groups is 2. The number of carbonyl (C=O) groups excluding carboxylic acids is 2. The van der Waals surface area contributed by atoms with Crippen molar-refractivity contribution in [2.45, 2.75) is 49.6 Å². The van der Waals surface area contributed by atoms with E-state index in [4.69, 9.17) is 0 Å². The molecule has 3 atom stereocenters. The Morgan fingerprint density at radius 1 is 1.33 bits per heavy atom. The number of nitrogens with zero attached hydrogens (tertiary/aromatic N) is 2. The van der Waals surface area contributed by atoms with Gasteiger partial charge in [-0.3, -0.25) is 9.59 Å². The number of rotatable bonds is 2. The quantitative estimate of drug-likeness (QED) is 0.825. The molecule has 0 bridgehead atoms. The van der Waals surface area contributed by atoms with Gasteiger partial charge in [0.15, 0.2) is 0 Å². The van der Waals surface area contributed by atoms with Gasteiger partial charge in [-0.2, -0.15) is 0 Å². The maximum absolute atomic E-state index is 13.2. The lowest BCUT2D eigenvalue weighted by Gasteiger charge is -2.34. The number of amides is 2. The second-order valence-corrected chi connectivity index (χ2v) is 8.51. The summed E-state index contributed by atoms with van der Waals surface area (Å²) in [5.41, 5.74) is 0.975. The zero-order valence-corrected chi connectivity index (χ0v) is 14.5. The predicted octanol–water partition coefficient (Wildman–Crippen LogP) is 2.94. The van der Waals surface area contributed by atoms with Crippen molar-refractivity contribution >= 4 is 23.6 Å². The van der Waals surface area contributed by atoms with E-state index in [9.17, 15) is 14.0 Å². The molecule has 24 heavy (non-hydrogen) atoms. The fraction of sp³-hybridized carbons (Fsp3) is 0.556. The summed E-state index contributed by atoms with van der Waals surface area (Å²) in [6, 6.07) is 6.06. The molecule has 3 saturated heterocycles. The SMILES string of the molecule is C[C@]12CCC(=O)N1[C@H](C(=O)N1CCC[C@@H]1c1ccc(F)cc1)CS2. The smallest absolute Gasteiger partial charge is 0.246 e. The molecule has 0 saturated carbocycles. The van der Waals surface area contributed by atoms with Crippen molar-refractivity contribution in [3.8, 4) is 0 Å². The van der Waals surface area contributed by atoms with E-state index in [0.29, 0.717) is 18.7 Å². The van der Waals surface area contributed by atoms with E-state index in [0.717, 1.165) is 24.8 Å². The first-order valence-electron chi connectivity index (χ1n) is 8.52. The van der Waals surface area contributed by atoms with Crippen LogP contribution < -0.4 is 0 Å². The molecular weight excluding hydrogens is 327 g/mol. The van der Waals surface area contributed by atoms with Gasteiger partial charge in [-0.15, -0.1) is 11.8 Å². The largest absolute Gasteiger partial charge is 0.334 e. The molecule has 128 valence electrons. The molecule has 4 nitrogen and oxygen atoms in total. The molecule has 3 aliphatic heterocycles. The maximum Gasteiger partial charge on any atom is 0.246 e. The number of hydrogen-bond acceptors (Lipinski definition) is 3. The van der Waals surface area contributed by atoms with E-state index >= 15 is 0 Å². The molecule has 0 unspecified atom stereocenters. The molecule has 2 amide bonds. The number of halogens is 1. The third-order valence-electron chi connectivity index (χ3n) is 5.52. The molecule has 4 rings (SSSR count). The van der Waals surface area contributed by atoms with Gasteiger partial charge in [0.05, 0.1) is 10.9 Å². The first kappa shape index (κ1) is 15.9. The fourth-order valence-corrected chi connectivity index (χ4v) is 5.68. The summed E-state index contributed by atoms with van der Waals surface area (Å²) >= 11 is 1.72. The van der Waals surface area contributed by atoms with Crippen LogP contribution in [0.3, 0.4) is 0 Å². The monoisotopic (exact) mass is 348 g/mol. The Labute approximate surface area is 145 Å². The number of fused-ring (bicyclic) bond motifs is 1. The minimum Gasteiger partial charge on any atom is -0.334 e. The summed E-state index contributed by atoms with van der Waals surface area (Å²) < 4.78 is 13.2. The Bertz CT molecular complexity index is 680. The van der Waals surface area contributed by atoms with E-state index in [-0.39, 0.29) is 34.6 Å². The topological polar surface area (TPSA) is 40.6 Å². The van der Waals surface area contributed by atoms with Gasteiger partial charge in [0, 0.05) is 18.7 Å². The van der Waals surface area contributed by atoms with Crippen LogP contribution in [0.2, 0.25) is 0 Å². The molecule has 3 fully saturated rings. The van der Waals surface area contributed by atoms with Crippen LogP contribution in [0.4, 0.5) is 4.39 Å². The van der Waals surface area contributed by atoms with Gasteiger partial charge in [0.25, 0.3) is 0 Å². The molecule has 6 heteroatoms. The van der Waals surface area contributed by atoms with Crippen LogP contribution in [-0.2, 0) is 9.59 Å². The van der Waals surface area contributed by atoms with Crippen molar-refractivity contribution in [2.24, 2.45) is 0 Å². The lowest BCUT2D eigenvalue weighted by molar-refractivity contribution is -0.144. The number of benzene rings is 1. The highest BCUT2D eigenvalue weighted by molar-refractivity contribution is 8.01. The molecule has 0 radical (unpaired) electrons. The van der Waals surface area contributed by atoms with Crippen molar-refractivity contribution < 1.29 is 14.0 Å². The van der Waals surface area contributed by atoms with E-state index in [1.54, 1.807) is 23.9 Å². The third-order valence-corrected chi connectivity index (χ3v) is 7.03. The van der Waals surface area contributed by atoms with Gasteiger partial charge >= 0.3 is 0 Å². The van der Waals surface area contributed by atoms with Gasteiger partial charge in [-0.05, 0) is 43.9 Å². The summed E-state index contributed by atoms with van der Waals surface area (Å²) in [5, 5.41) is 0. The minimum atomic E-state index is -0.351. The highest BCUT2D eigenvalue weighted by atomic mass is 32.2. The summed E-state index contributed by atoms with van der Waals surface area (Å²) in [7, 11) is 0. The Morgan fingerprint density at radius 2 is 2.08 bits per heavy atom. The molecule has 3 aliphatic rings. The van der Waals surface area contributed by atoms with Gasteiger partial charge < -0.3 is 9.80 Å². The van der Waals surface area contributed by atoms with Crippen molar-refractivity contribution in [1.29, 1.82) is 0 Å². The molecule has 3 heterocycles. The average molecular weight is 348 g/mol. The third kappa shape index (κ3) is 2.42. The Morgan fingerprint density at radius 3 is 2.83 bits per heavy atom. The summed E-state index contributed by atoms with van der Waals surface area (Å²) in [6.45, 7) is 2.78. The number of likely N-dealkylation sites (tertiary alicyclic amines) is 1. The van der Waals surface area contributed by atoms with Gasteiger partial charge in [0.2, 0.25) is 11.8 Å². The van der Waals surface area contributed by atoms with Crippen LogP contribution in [0.1, 0.15) is 44.2 Å². The molecule has 0 spiro atoms. The van der Waals surface area contributed by atoms with Crippen LogP contribution in [0.5, 0.6) is 0 Å². The van der Waals surface area contributed by atoms with Crippen LogP contribution in [-0.4, -0.2) is 44.8 Å². The summed E-state index contributed by atoms with van der Waals surface area (Å²) in [4.78, 5) is 29.0. The normalized spacial score (nSPS) is 32.5. The van der Waals surface area contributed by atoms with Crippen LogP contribution in [0.15, 0.2) is 24.3 Å². The lowest BCUT2D eigenvalue weighted by Crippen LogP contribution is -2.51. The first-order chi connectivity index (χ1) is 11.5. The Balaban J connectivity index is 1.57. The van der Waals surface area contributed by atoms with Gasteiger partial charge in [0.1, 0.15) is 11.9 Å². The van der Waals surface area contributed by atoms with E-state index in [1.165, 1.54) is 12.1 Å². The molecule has 0 aromatic heterocycles. The number of hydrogen-bond donors (Lipinski definition) is 0. The second kappa shape index (κ2) is 5.76. The number of thioether (sulfide) groups is 1. The lowest BCUT2D eigenvalue weighted by atomic mass is 10.0. The predicted molar refractivity (Wildman–Crippen MR) is 90.8 cm³/mol. The highest BCUT2D eigenvalue weighted by Crippen LogP contribution is 2.48. The summed E-state index contributed by atoms with van der Waals surface area (Å²) in [6.07, 6.45) is 3.19. The van der Waals surface area contributed by atoms with Crippen molar-refractivity contribution in [2.75, 3.05) is 12.3 Å². The average Bonchev–Trinajstić information content (AvgIpc) is 3.24. The zero-order chi connectivity index (χ0) is 16.9. The van der Waals surface area contributed by atoms with Crippen molar-refractivity contribution in [3.05, 3.63) is 35.6 Å². The molecule has 1 aromatic rings. The highest BCUT2D eigenvalue weighted by Gasteiger charge is 2.54. The van der Waals surface area contributed by atoms with Crippen LogP contribution in [0, 0.1) is 5.82 Å². The van der Waals surface area contributed by atoms with E-state index in [1.807, 2.05) is 9.80 Å². The fourth-order valence-electron chi connectivity index (χ4n) is 4.26. The second-order valence-electron chi connectivity index (χ2n) is 7.01. The van der Waals surface area contributed by atoms with Crippen molar-refractivity contribution in [1.82, 2.24) is 9.80 Å². The van der Waals surface area contributed by atoms with Gasteiger partial charge in [-0.1, -0.05) is 12.1 Å². The molecule has 1 aromatic carbocycles. The van der Waals surface area contributed by atoms with E-state index < -0.39 is 0 Å². The first-order valence-corrected chi connectivity index (χ1v) is 9.50. The Kier molecular flexibility index (Phi) is 3.82. The van der Waals surface area contributed by atoms with Gasteiger partial charge in [-0.25, -0.2) is 4.39 Å². The Hall–Kier alpha value is -1.56. The standard InChI is InChI=1S/C18H21FN2O2S/c1-18-9-8-16(22)21(18)15(11-24-18)17(23)20-10-2-3-14(20)12-4-6-13(19)7-5-12/h4-7,14-15H,2-3,8-11H2,1H3/t14-,15+,18+/m1/s1. The minimum absolute atomic E-state index is 0.00680. The molecule has 0 aliphatic carbocycles. The maximum atomic E-state index is 13.2. The molecule has 0 N–H and O–H groups in total. The molecular formula is C18H21FN2O2S.